The lowest BCUT2D eigenvalue weighted by Crippen LogP contribution is -2.49. The molecule has 2 unspecified atom stereocenters. The molecule has 0 aromatic carbocycles. The Hall–Kier alpha value is -1.06. The minimum atomic E-state index is 0.0263. The van der Waals surface area contributed by atoms with Crippen LogP contribution in [0.1, 0.15) is 47.0 Å². The third-order valence-corrected chi connectivity index (χ3v) is 3.46. The topological polar surface area (TPSA) is 58.2 Å². The summed E-state index contributed by atoms with van der Waals surface area (Å²) in [5.41, 5.74) is 0.264. The van der Waals surface area contributed by atoms with Crippen molar-refractivity contribution in [3.8, 4) is 0 Å². The van der Waals surface area contributed by atoms with E-state index in [2.05, 4.69) is 31.4 Å². The summed E-state index contributed by atoms with van der Waals surface area (Å²) in [7, 11) is 0. The molecule has 0 radical (unpaired) electrons. The Morgan fingerprint density at radius 3 is 2.53 bits per heavy atom. The molecular weight excluding hydrogens is 216 g/mol. The van der Waals surface area contributed by atoms with Crippen LogP contribution in [0.15, 0.2) is 0 Å². The van der Waals surface area contributed by atoms with E-state index in [4.69, 9.17) is 0 Å². The summed E-state index contributed by atoms with van der Waals surface area (Å²) in [5.74, 6) is 0.0263. The first-order valence-electron chi connectivity index (χ1n) is 6.20. The molecule has 0 saturated heterocycles. The Kier molecular flexibility index (Phi) is 4.17. The van der Waals surface area contributed by atoms with Crippen LogP contribution in [0.5, 0.6) is 0 Å². The van der Waals surface area contributed by atoms with E-state index in [-0.39, 0.29) is 22.8 Å². The molecule has 0 aromatic rings. The molecule has 1 saturated carbocycles. The summed E-state index contributed by atoms with van der Waals surface area (Å²) in [6.07, 6.45) is 3.75. The van der Waals surface area contributed by atoms with Gasteiger partial charge in [-0.25, -0.2) is 0 Å². The van der Waals surface area contributed by atoms with E-state index < -0.39 is 0 Å². The van der Waals surface area contributed by atoms with E-state index in [1.54, 1.807) is 6.92 Å². The van der Waals surface area contributed by atoms with Gasteiger partial charge in [-0.2, -0.15) is 0 Å². The van der Waals surface area contributed by atoms with Crippen LogP contribution in [-0.2, 0) is 9.59 Å². The smallest absolute Gasteiger partial charge is 0.217 e. The average molecular weight is 240 g/mol. The summed E-state index contributed by atoms with van der Waals surface area (Å²) < 4.78 is 0. The second-order valence-electron chi connectivity index (χ2n) is 6.46. The highest BCUT2D eigenvalue weighted by Gasteiger charge is 2.41. The van der Waals surface area contributed by atoms with Crippen LogP contribution in [0.2, 0.25) is 0 Å². The maximum atomic E-state index is 11.2. The minimum absolute atomic E-state index is 0.0263. The number of hydrogen-bond acceptors (Lipinski definition) is 2. The van der Waals surface area contributed by atoms with Gasteiger partial charge in [-0.1, -0.05) is 20.8 Å². The van der Waals surface area contributed by atoms with Crippen LogP contribution in [0.3, 0.4) is 0 Å². The molecule has 1 rings (SSSR count). The van der Waals surface area contributed by atoms with Crippen molar-refractivity contribution >= 4 is 12.3 Å². The van der Waals surface area contributed by atoms with Crippen LogP contribution >= 0.6 is 0 Å². The lowest BCUT2D eigenvalue weighted by Gasteiger charge is -2.46. The van der Waals surface area contributed by atoms with E-state index >= 15 is 0 Å². The first-order chi connectivity index (χ1) is 7.76. The van der Waals surface area contributed by atoms with Gasteiger partial charge in [0.1, 0.15) is 0 Å². The fourth-order valence-corrected chi connectivity index (χ4v) is 3.45. The van der Waals surface area contributed by atoms with Gasteiger partial charge in [-0.3, -0.25) is 9.59 Å². The maximum absolute atomic E-state index is 11.2. The molecule has 1 fully saturated rings. The number of carbonyl (C=O) groups excluding carboxylic acids is 2. The summed E-state index contributed by atoms with van der Waals surface area (Å²) in [4.78, 5) is 21.6. The Morgan fingerprint density at radius 2 is 2.00 bits per heavy atom. The van der Waals surface area contributed by atoms with Crippen molar-refractivity contribution in [3.63, 3.8) is 0 Å². The van der Waals surface area contributed by atoms with Gasteiger partial charge in [0.25, 0.3) is 0 Å². The zero-order valence-corrected chi connectivity index (χ0v) is 11.3. The first-order valence-corrected chi connectivity index (χ1v) is 6.20. The average Bonchev–Trinajstić information content (AvgIpc) is 2.10. The van der Waals surface area contributed by atoms with Crippen LogP contribution in [-0.4, -0.2) is 24.9 Å². The normalized spacial score (nSPS) is 31.6. The third-order valence-electron chi connectivity index (χ3n) is 3.46. The first kappa shape index (κ1) is 14.0. The summed E-state index contributed by atoms with van der Waals surface area (Å²) in [6.45, 7) is 8.86. The number of hydrogen-bond donors (Lipinski definition) is 2. The molecule has 98 valence electrons. The van der Waals surface area contributed by atoms with Crippen LogP contribution < -0.4 is 10.6 Å². The Balaban J connectivity index is 2.72. The molecule has 2 atom stereocenters. The Bertz CT molecular complexity index is 302. The van der Waals surface area contributed by atoms with Crippen molar-refractivity contribution < 1.29 is 9.59 Å². The number of nitrogens with one attached hydrogen (secondary N) is 2. The van der Waals surface area contributed by atoms with E-state index in [1.807, 2.05) is 0 Å². The van der Waals surface area contributed by atoms with Gasteiger partial charge in [0.15, 0.2) is 0 Å². The molecule has 1 aliphatic rings. The fourth-order valence-electron chi connectivity index (χ4n) is 3.45. The second kappa shape index (κ2) is 5.07. The van der Waals surface area contributed by atoms with E-state index in [9.17, 15) is 9.59 Å². The van der Waals surface area contributed by atoms with Gasteiger partial charge in [0.05, 0.1) is 0 Å². The van der Waals surface area contributed by atoms with Gasteiger partial charge in [0, 0.05) is 19.5 Å². The maximum Gasteiger partial charge on any atom is 0.217 e. The van der Waals surface area contributed by atoms with Gasteiger partial charge in [0.2, 0.25) is 12.3 Å². The fraction of sp³-hybridized carbons (Fsp3) is 0.846. The SMILES string of the molecule is CC(=O)NC1CC(C)(C)CC(C)(CNC=O)C1. The van der Waals surface area contributed by atoms with Gasteiger partial charge >= 0.3 is 0 Å². The number of amides is 2. The number of carbonyl (C=O) groups is 2. The highest BCUT2D eigenvalue weighted by atomic mass is 16.1. The highest BCUT2D eigenvalue weighted by Crippen LogP contribution is 2.45. The molecule has 0 aliphatic heterocycles. The molecule has 0 spiro atoms. The number of rotatable bonds is 4. The molecule has 2 amide bonds. The molecule has 17 heavy (non-hydrogen) atoms. The van der Waals surface area contributed by atoms with Gasteiger partial charge in [-0.15, -0.1) is 0 Å². The second-order valence-corrected chi connectivity index (χ2v) is 6.46. The molecule has 4 heteroatoms. The van der Waals surface area contributed by atoms with Crippen molar-refractivity contribution in [1.82, 2.24) is 10.6 Å². The quantitative estimate of drug-likeness (QED) is 0.731. The molecule has 1 aliphatic carbocycles. The van der Waals surface area contributed by atoms with Gasteiger partial charge < -0.3 is 10.6 Å². The molecule has 0 heterocycles. The molecule has 0 aromatic heterocycles. The van der Waals surface area contributed by atoms with E-state index in [0.29, 0.717) is 6.54 Å². The Labute approximate surface area is 104 Å². The largest absolute Gasteiger partial charge is 0.358 e. The van der Waals surface area contributed by atoms with E-state index in [1.165, 1.54) is 0 Å². The van der Waals surface area contributed by atoms with Crippen molar-refractivity contribution in [2.75, 3.05) is 6.54 Å². The minimum Gasteiger partial charge on any atom is -0.358 e. The van der Waals surface area contributed by atoms with Crippen molar-refractivity contribution in [3.05, 3.63) is 0 Å². The molecule has 4 nitrogen and oxygen atoms in total. The molecular formula is C13H24N2O2. The standard InChI is InChI=1S/C13H24N2O2/c1-10(17)15-11-5-12(2,3)7-13(4,6-11)8-14-9-16/h9,11H,5-8H2,1-4H3,(H,14,16)(H,15,17). The van der Waals surface area contributed by atoms with Crippen LogP contribution in [0.25, 0.3) is 0 Å². The molecule has 2 N–H and O–H groups in total. The monoisotopic (exact) mass is 240 g/mol. The van der Waals surface area contributed by atoms with Crippen molar-refractivity contribution in [1.29, 1.82) is 0 Å². The predicted octanol–water partition coefficient (Wildman–Crippen LogP) is 1.45. The van der Waals surface area contributed by atoms with Crippen LogP contribution in [0, 0.1) is 10.8 Å². The summed E-state index contributed by atoms with van der Waals surface area (Å²) in [5, 5.41) is 5.79. The third kappa shape index (κ3) is 4.36. The van der Waals surface area contributed by atoms with Crippen molar-refractivity contribution in [2.24, 2.45) is 10.8 Å². The predicted molar refractivity (Wildman–Crippen MR) is 67.4 cm³/mol. The zero-order valence-electron chi connectivity index (χ0n) is 11.3. The lowest BCUT2D eigenvalue weighted by atomic mass is 9.62. The van der Waals surface area contributed by atoms with Gasteiger partial charge in [-0.05, 0) is 30.1 Å². The zero-order chi connectivity index (χ0) is 13.1. The van der Waals surface area contributed by atoms with Crippen LogP contribution in [0.4, 0.5) is 0 Å². The molecule has 0 bridgehead atoms. The Morgan fingerprint density at radius 1 is 1.35 bits per heavy atom. The highest BCUT2D eigenvalue weighted by molar-refractivity contribution is 5.73. The van der Waals surface area contributed by atoms with E-state index in [0.717, 1.165) is 25.7 Å². The lowest BCUT2D eigenvalue weighted by molar-refractivity contribution is -0.120. The summed E-state index contributed by atoms with van der Waals surface area (Å²) >= 11 is 0. The summed E-state index contributed by atoms with van der Waals surface area (Å²) in [6, 6.07) is 0.217. The van der Waals surface area contributed by atoms with Crippen molar-refractivity contribution in [2.45, 2.75) is 53.0 Å².